The van der Waals surface area contributed by atoms with Crippen LogP contribution in [0.5, 0.6) is 5.75 Å². The van der Waals surface area contributed by atoms with Crippen molar-refractivity contribution < 1.29 is 14.3 Å². The number of rotatable bonds is 5. The van der Waals surface area contributed by atoms with Gasteiger partial charge in [-0.2, -0.15) is 0 Å². The van der Waals surface area contributed by atoms with Gasteiger partial charge in [0.25, 0.3) is 5.91 Å². The van der Waals surface area contributed by atoms with E-state index in [1.165, 1.54) is 18.5 Å². The SMILES string of the molecule is C=CNC(=O)c1ccnc(NC(=O)N2CCC(Oc3ccccc3Cl)CC2)c1. The molecule has 1 aliphatic heterocycles. The Morgan fingerprint density at radius 1 is 1.25 bits per heavy atom. The molecule has 2 N–H and O–H groups in total. The number of carbonyl (C=O) groups is 2. The molecule has 0 spiro atoms. The normalized spacial score (nSPS) is 14.2. The Morgan fingerprint density at radius 3 is 2.71 bits per heavy atom. The summed E-state index contributed by atoms with van der Waals surface area (Å²) < 4.78 is 5.94. The van der Waals surface area contributed by atoms with E-state index >= 15 is 0 Å². The number of nitrogens with one attached hydrogen (secondary N) is 2. The van der Waals surface area contributed by atoms with Gasteiger partial charge >= 0.3 is 6.03 Å². The third-order valence-corrected chi connectivity index (χ3v) is 4.66. The number of aromatic nitrogens is 1. The van der Waals surface area contributed by atoms with Gasteiger partial charge in [0.2, 0.25) is 0 Å². The van der Waals surface area contributed by atoms with Gasteiger partial charge in [0.1, 0.15) is 17.7 Å². The van der Waals surface area contributed by atoms with E-state index in [0.717, 1.165) is 0 Å². The monoisotopic (exact) mass is 400 g/mol. The topological polar surface area (TPSA) is 83.6 Å². The average molecular weight is 401 g/mol. The van der Waals surface area contributed by atoms with Crippen molar-refractivity contribution in [3.63, 3.8) is 0 Å². The number of anilines is 1. The standard InChI is InChI=1S/C20H21ClN4O3/c1-2-22-19(26)14-7-10-23-18(13-14)24-20(27)25-11-8-15(9-12-25)28-17-6-4-3-5-16(17)21/h2-7,10,13,15H,1,8-9,11-12H2,(H,22,26)(H,23,24,27). The number of pyridine rings is 1. The predicted molar refractivity (Wildman–Crippen MR) is 108 cm³/mol. The van der Waals surface area contributed by atoms with Crippen LogP contribution in [0.25, 0.3) is 0 Å². The fraction of sp³-hybridized carbons (Fsp3) is 0.250. The molecule has 1 aromatic heterocycles. The molecule has 1 aliphatic rings. The molecule has 28 heavy (non-hydrogen) atoms. The van der Waals surface area contributed by atoms with E-state index in [4.69, 9.17) is 16.3 Å². The molecule has 0 radical (unpaired) electrons. The van der Waals surface area contributed by atoms with Gasteiger partial charge in [-0.1, -0.05) is 30.3 Å². The third-order valence-electron chi connectivity index (χ3n) is 4.35. The van der Waals surface area contributed by atoms with E-state index in [9.17, 15) is 9.59 Å². The van der Waals surface area contributed by atoms with Crippen LogP contribution in [-0.4, -0.2) is 41.0 Å². The molecular weight excluding hydrogens is 380 g/mol. The fourth-order valence-electron chi connectivity index (χ4n) is 2.90. The Hall–Kier alpha value is -3.06. The number of hydrogen-bond donors (Lipinski definition) is 2. The lowest BCUT2D eigenvalue weighted by Crippen LogP contribution is -2.43. The van der Waals surface area contributed by atoms with Crippen molar-refractivity contribution in [1.29, 1.82) is 0 Å². The second-order valence-corrected chi connectivity index (χ2v) is 6.68. The summed E-state index contributed by atoms with van der Waals surface area (Å²) in [6.07, 6.45) is 4.18. The quantitative estimate of drug-likeness (QED) is 0.801. The minimum atomic E-state index is -0.314. The van der Waals surface area contributed by atoms with Crippen molar-refractivity contribution in [2.75, 3.05) is 18.4 Å². The van der Waals surface area contributed by atoms with Gasteiger partial charge in [-0.05, 0) is 30.5 Å². The highest BCUT2D eigenvalue weighted by atomic mass is 35.5. The first-order chi connectivity index (χ1) is 13.6. The van der Waals surface area contributed by atoms with Crippen LogP contribution in [0.4, 0.5) is 10.6 Å². The Bertz CT molecular complexity index is 866. The Balaban J connectivity index is 1.53. The molecule has 8 heteroatoms. The number of hydrogen-bond acceptors (Lipinski definition) is 4. The molecule has 1 fully saturated rings. The number of piperidine rings is 1. The number of likely N-dealkylation sites (tertiary alicyclic amines) is 1. The van der Waals surface area contributed by atoms with Gasteiger partial charge in [-0.15, -0.1) is 0 Å². The summed E-state index contributed by atoms with van der Waals surface area (Å²) in [4.78, 5) is 30.1. The maximum absolute atomic E-state index is 12.5. The lowest BCUT2D eigenvalue weighted by Gasteiger charge is -2.32. The number of urea groups is 1. The van der Waals surface area contributed by atoms with Crippen molar-refractivity contribution in [1.82, 2.24) is 15.2 Å². The molecule has 0 saturated carbocycles. The summed E-state index contributed by atoms with van der Waals surface area (Å²) in [6, 6.07) is 10.2. The summed E-state index contributed by atoms with van der Waals surface area (Å²) >= 11 is 6.13. The number of nitrogens with zero attached hydrogens (tertiary/aromatic N) is 2. The first-order valence-electron chi connectivity index (χ1n) is 8.92. The molecule has 1 saturated heterocycles. The first kappa shape index (κ1) is 19.7. The first-order valence-corrected chi connectivity index (χ1v) is 9.29. The van der Waals surface area contributed by atoms with E-state index in [1.807, 2.05) is 18.2 Å². The molecule has 146 valence electrons. The Kier molecular flexibility index (Phi) is 6.49. The lowest BCUT2D eigenvalue weighted by atomic mass is 10.1. The molecule has 3 amide bonds. The van der Waals surface area contributed by atoms with E-state index < -0.39 is 0 Å². The molecule has 0 bridgehead atoms. The highest BCUT2D eigenvalue weighted by Gasteiger charge is 2.24. The minimum absolute atomic E-state index is 0.00741. The highest BCUT2D eigenvalue weighted by molar-refractivity contribution is 6.32. The number of carbonyl (C=O) groups excluding carboxylic acids is 2. The number of amides is 3. The molecule has 2 aromatic rings. The molecule has 2 heterocycles. The van der Waals surface area contributed by atoms with Gasteiger partial charge < -0.3 is 15.0 Å². The number of ether oxygens (including phenoxy) is 1. The second kappa shape index (κ2) is 9.23. The fourth-order valence-corrected chi connectivity index (χ4v) is 3.08. The van der Waals surface area contributed by atoms with Crippen LogP contribution in [0.1, 0.15) is 23.2 Å². The zero-order valence-corrected chi connectivity index (χ0v) is 16.0. The summed E-state index contributed by atoms with van der Waals surface area (Å²) in [5.74, 6) is 0.660. The van der Waals surface area contributed by atoms with Gasteiger partial charge in [0, 0.05) is 37.7 Å². The van der Waals surface area contributed by atoms with E-state index in [2.05, 4.69) is 22.2 Å². The van der Waals surface area contributed by atoms with Crippen LogP contribution in [0.2, 0.25) is 5.02 Å². The maximum Gasteiger partial charge on any atom is 0.323 e. The van der Waals surface area contributed by atoms with Crippen molar-refractivity contribution >= 4 is 29.4 Å². The van der Waals surface area contributed by atoms with Crippen molar-refractivity contribution in [2.24, 2.45) is 0 Å². The van der Waals surface area contributed by atoms with Gasteiger partial charge in [-0.25, -0.2) is 9.78 Å². The van der Waals surface area contributed by atoms with Crippen LogP contribution in [0.15, 0.2) is 55.4 Å². The second-order valence-electron chi connectivity index (χ2n) is 6.27. The van der Waals surface area contributed by atoms with Crippen molar-refractivity contribution in [2.45, 2.75) is 18.9 Å². The minimum Gasteiger partial charge on any atom is -0.489 e. The third kappa shape index (κ3) is 5.01. The number of benzene rings is 1. The molecule has 1 aromatic carbocycles. The van der Waals surface area contributed by atoms with Crippen LogP contribution in [0.3, 0.4) is 0 Å². The zero-order chi connectivity index (χ0) is 19.9. The van der Waals surface area contributed by atoms with Crippen molar-refractivity contribution in [3.05, 3.63) is 66.0 Å². The molecule has 7 nitrogen and oxygen atoms in total. The van der Waals surface area contributed by atoms with Gasteiger partial charge in [0.15, 0.2) is 0 Å². The largest absolute Gasteiger partial charge is 0.489 e. The number of halogens is 1. The molecule has 3 rings (SSSR count). The summed E-state index contributed by atoms with van der Waals surface area (Å²) in [7, 11) is 0. The molecule has 0 aliphatic carbocycles. The van der Waals surface area contributed by atoms with Crippen molar-refractivity contribution in [3.8, 4) is 5.75 Å². The van der Waals surface area contributed by atoms with Gasteiger partial charge in [-0.3, -0.25) is 10.1 Å². The summed E-state index contributed by atoms with van der Waals surface area (Å²) in [6.45, 7) is 4.56. The summed E-state index contributed by atoms with van der Waals surface area (Å²) in [5.41, 5.74) is 0.386. The van der Waals surface area contributed by atoms with Crippen LogP contribution in [0, 0.1) is 0 Å². The zero-order valence-electron chi connectivity index (χ0n) is 15.2. The maximum atomic E-state index is 12.5. The number of para-hydroxylation sites is 1. The molecule has 0 atom stereocenters. The van der Waals surface area contributed by atoms with Crippen LogP contribution < -0.4 is 15.4 Å². The Morgan fingerprint density at radius 2 is 2.00 bits per heavy atom. The van der Waals surface area contributed by atoms with Crippen LogP contribution in [-0.2, 0) is 0 Å². The molecular formula is C20H21ClN4O3. The van der Waals surface area contributed by atoms with E-state index in [-0.39, 0.29) is 18.0 Å². The predicted octanol–water partition coefficient (Wildman–Crippen LogP) is 3.68. The molecule has 0 unspecified atom stereocenters. The summed E-state index contributed by atoms with van der Waals surface area (Å²) in [5, 5.41) is 5.79. The highest BCUT2D eigenvalue weighted by Crippen LogP contribution is 2.26. The van der Waals surface area contributed by atoms with Crippen LogP contribution >= 0.6 is 11.6 Å². The average Bonchev–Trinajstić information content (AvgIpc) is 2.70. The smallest absolute Gasteiger partial charge is 0.323 e. The lowest BCUT2D eigenvalue weighted by molar-refractivity contribution is 0.0970. The van der Waals surface area contributed by atoms with E-state index in [1.54, 1.807) is 17.0 Å². The Labute approximate surface area is 168 Å². The van der Waals surface area contributed by atoms with Gasteiger partial charge in [0.05, 0.1) is 5.02 Å². The van der Waals surface area contributed by atoms with E-state index in [0.29, 0.717) is 48.1 Å².